The second kappa shape index (κ2) is 4.78. The minimum absolute atomic E-state index is 0.0384. The molecule has 0 unspecified atom stereocenters. The predicted octanol–water partition coefficient (Wildman–Crippen LogP) is 2.70. The van der Waals surface area contributed by atoms with Gasteiger partial charge in [0.1, 0.15) is 0 Å². The number of rotatable bonds is 3. The Balaban J connectivity index is 2.00. The van der Waals surface area contributed by atoms with Gasteiger partial charge in [-0.3, -0.25) is 4.79 Å². The molecule has 1 aromatic carbocycles. The summed E-state index contributed by atoms with van der Waals surface area (Å²) in [6.07, 6.45) is 2.00. The summed E-state index contributed by atoms with van der Waals surface area (Å²) in [4.78, 5) is 11.4. The van der Waals surface area contributed by atoms with Crippen molar-refractivity contribution in [1.82, 2.24) is 5.43 Å². The molecule has 0 bridgehead atoms. The standard InChI is InChI=1S/C12H13BrN2O/c1-8(9-4-6-11(13)7-5-9)14-15-12(16)10-2-3-10/h4-7,10H,2-3H2,1H3,(H,15,16)/b14-8+. The van der Waals surface area contributed by atoms with Crippen molar-refractivity contribution in [2.24, 2.45) is 11.0 Å². The van der Waals surface area contributed by atoms with Gasteiger partial charge >= 0.3 is 0 Å². The van der Waals surface area contributed by atoms with Gasteiger partial charge in [-0.25, -0.2) is 5.43 Å². The van der Waals surface area contributed by atoms with Gasteiger partial charge in [0, 0.05) is 10.4 Å². The van der Waals surface area contributed by atoms with Gasteiger partial charge in [0.25, 0.3) is 0 Å². The summed E-state index contributed by atoms with van der Waals surface area (Å²) in [5.41, 5.74) is 4.43. The highest BCUT2D eigenvalue weighted by Gasteiger charge is 2.29. The molecule has 1 aliphatic carbocycles. The first-order valence-electron chi connectivity index (χ1n) is 5.27. The lowest BCUT2D eigenvalue weighted by Gasteiger charge is -2.02. The Labute approximate surface area is 103 Å². The first kappa shape index (κ1) is 11.3. The van der Waals surface area contributed by atoms with Gasteiger partial charge in [0.05, 0.1) is 5.71 Å². The molecular formula is C12H13BrN2O. The van der Waals surface area contributed by atoms with Crippen LogP contribution in [0.1, 0.15) is 25.3 Å². The van der Waals surface area contributed by atoms with Gasteiger partial charge in [0.2, 0.25) is 5.91 Å². The van der Waals surface area contributed by atoms with Gasteiger partial charge in [-0.15, -0.1) is 0 Å². The molecule has 0 atom stereocenters. The third kappa shape index (κ3) is 2.92. The number of nitrogens with one attached hydrogen (secondary N) is 1. The molecule has 3 nitrogen and oxygen atoms in total. The van der Waals surface area contributed by atoms with Crippen LogP contribution in [0.4, 0.5) is 0 Å². The van der Waals surface area contributed by atoms with Gasteiger partial charge in [-0.2, -0.15) is 5.10 Å². The number of hydrazone groups is 1. The molecule has 84 valence electrons. The van der Waals surface area contributed by atoms with Crippen LogP contribution in [0.3, 0.4) is 0 Å². The highest BCUT2D eigenvalue weighted by Crippen LogP contribution is 2.28. The molecule has 0 heterocycles. The Morgan fingerprint density at radius 3 is 2.56 bits per heavy atom. The van der Waals surface area contributed by atoms with Crippen molar-refractivity contribution in [3.63, 3.8) is 0 Å². The van der Waals surface area contributed by atoms with E-state index < -0.39 is 0 Å². The Hall–Kier alpha value is -1.16. The number of nitrogens with zero attached hydrogens (tertiary/aromatic N) is 1. The third-order valence-corrected chi connectivity index (χ3v) is 3.07. The average Bonchev–Trinajstić information content (AvgIpc) is 3.10. The van der Waals surface area contributed by atoms with E-state index in [-0.39, 0.29) is 11.8 Å². The van der Waals surface area contributed by atoms with Crippen LogP contribution in [-0.2, 0) is 4.79 Å². The molecule has 0 radical (unpaired) electrons. The maximum absolute atomic E-state index is 11.4. The van der Waals surface area contributed by atoms with E-state index >= 15 is 0 Å². The number of carbonyl (C=O) groups is 1. The summed E-state index contributed by atoms with van der Waals surface area (Å²) in [5, 5.41) is 4.09. The van der Waals surface area contributed by atoms with Gasteiger partial charge in [-0.1, -0.05) is 28.1 Å². The van der Waals surface area contributed by atoms with Gasteiger partial charge < -0.3 is 0 Å². The molecule has 4 heteroatoms. The molecule has 0 aliphatic heterocycles. The second-order valence-electron chi connectivity index (χ2n) is 3.95. The van der Waals surface area contributed by atoms with Crippen molar-refractivity contribution in [2.75, 3.05) is 0 Å². The van der Waals surface area contributed by atoms with E-state index in [1.807, 2.05) is 31.2 Å². The van der Waals surface area contributed by atoms with Crippen molar-refractivity contribution in [2.45, 2.75) is 19.8 Å². The van der Waals surface area contributed by atoms with Gasteiger partial charge in [0.15, 0.2) is 0 Å². The number of amides is 1. The van der Waals surface area contributed by atoms with Crippen LogP contribution < -0.4 is 5.43 Å². The zero-order chi connectivity index (χ0) is 11.5. The van der Waals surface area contributed by atoms with Crippen LogP contribution >= 0.6 is 15.9 Å². The summed E-state index contributed by atoms with van der Waals surface area (Å²) in [6, 6.07) is 7.84. The van der Waals surface area contributed by atoms with Crippen molar-refractivity contribution < 1.29 is 4.79 Å². The lowest BCUT2D eigenvalue weighted by atomic mass is 10.1. The number of halogens is 1. The summed E-state index contributed by atoms with van der Waals surface area (Å²) < 4.78 is 1.03. The fraction of sp³-hybridized carbons (Fsp3) is 0.333. The summed E-state index contributed by atoms with van der Waals surface area (Å²) >= 11 is 3.37. The SMILES string of the molecule is C/C(=N\NC(=O)C1CC1)c1ccc(Br)cc1. The molecule has 1 aromatic rings. The lowest BCUT2D eigenvalue weighted by Crippen LogP contribution is -2.20. The Kier molecular flexibility index (Phi) is 3.39. The quantitative estimate of drug-likeness (QED) is 0.671. The van der Waals surface area contributed by atoms with E-state index in [1.165, 1.54) is 0 Å². The highest BCUT2D eigenvalue weighted by molar-refractivity contribution is 9.10. The molecule has 1 amide bonds. The Bertz CT molecular complexity index is 421. The molecule has 2 rings (SSSR count). The normalized spacial score (nSPS) is 16.0. The van der Waals surface area contributed by atoms with E-state index in [0.717, 1.165) is 28.6 Å². The number of benzene rings is 1. The molecule has 1 aliphatic rings. The summed E-state index contributed by atoms with van der Waals surface area (Å²) in [5.74, 6) is 0.234. The number of carbonyl (C=O) groups excluding carboxylic acids is 1. The minimum atomic E-state index is 0.0384. The van der Waals surface area contributed by atoms with E-state index in [9.17, 15) is 4.79 Å². The van der Waals surface area contributed by atoms with Crippen LogP contribution in [0.5, 0.6) is 0 Å². The Morgan fingerprint density at radius 2 is 2.00 bits per heavy atom. The minimum Gasteiger partial charge on any atom is -0.273 e. The zero-order valence-corrected chi connectivity index (χ0v) is 10.6. The van der Waals surface area contributed by atoms with Crippen LogP contribution in [0, 0.1) is 5.92 Å². The summed E-state index contributed by atoms with van der Waals surface area (Å²) in [7, 11) is 0. The fourth-order valence-electron chi connectivity index (χ4n) is 1.33. The van der Waals surface area contributed by atoms with Crippen molar-refractivity contribution in [3.05, 3.63) is 34.3 Å². The van der Waals surface area contributed by atoms with E-state index in [1.54, 1.807) is 0 Å². The fourth-order valence-corrected chi connectivity index (χ4v) is 1.60. The van der Waals surface area contributed by atoms with Gasteiger partial charge in [-0.05, 0) is 37.5 Å². The molecule has 16 heavy (non-hydrogen) atoms. The van der Waals surface area contributed by atoms with E-state index in [2.05, 4.69) is 26.5 Å². The number of hydrogen-bond acceptors (Lipinski definition) is 2. The largest absolute Gasteiger partial charge is 0.273 e. The summed E-state index contributed by atoms with van der Waals surface area (Å²) in [6.45, 7) is 1.89. The molecule has 1 saturated carbocycles. The van der Waals surface area contributed by atoms with Crippen LogP contribution in [0.25, 0.3) is 0 Å². The third-order valence-electron chi connectivity index (χ3n) is 2.54. The molecule has 0 aromatic heterocycles. The van der Waals surface area contributed by atoms with Crippen LogP contribution in [0.2, 0.25) is 0 Å². The second-order valence-corrected chi connectivity index (χ2v) is 4.87. The first-order chi connectivity index (χ1) is 7.66. The zero-order valence-electron chi connectivity index (χ0n) is 9.03. The molecular weight excluding hydrogens is 268 g/mol. The molecule has 0 spiro atoms. The molecule has 1 fully saturated rings. The molecule has 1 N–H and O–H groups in total. The van der Waals surface area contributed by atoms with E-state index in [0.29, 0.717) is 0 Å². The Morgan fingerprint density at radius 1 is 1.38 bits per heavy atom. The van der Waals surface area contributed by atoms with Crippen molar-refractivity contribution in [1.29, 1.82) is 0 Å². The highest BCUT2D eigenvalue weighted by atomic mass is 79.9. The average molecular weight is 281 g/mol. The van der Waals surface area contributed by atoms with E-state index in [4.69, 9.17) is 0 Å². The smallest absolute Gasteiger partial charge is 0.243 e. The monoisotopic (exact) mass is 280 g/mol. The van der Waals surface area contributed by atoms with Crippen LogP contribution in [-0.4, -0.2) is 11.6 Å². The molecule has 0 saturated heterocycles. The van der Waals surface area contributed by atoms with Crippen molar-refractivity contribution in [3.8, 4) is 0 Å². The maximum atomic E-state index is 11.4. The number of hydrogen-bond donors (Lipinski definition) is 1. The van der Waals surface area contributed by atoms with Crippen LogP contribution in [0.15, 0.2) is 33.8 Å². The first-order valence-corrected chi connectivity index (χ1v) is 6.06. The lowest BCUT2D eigenvalue weighted by molar-refractivity contribution is -0.122. The topological polar surface area (TPSA) is 41.5 Å². The predicted molar refractivity (Wildman–Crippen MR) is 67.2 cm³/mol. The van der Waals surface area contributed by atoms with Crippen molar-refractivity contribution >= 4 is 27.5 Å². The maximum Gasteiger partial charge on any atom is 0.243 e.